The molecule has 0 amide bonds. The van der Waals surface area contributed by atoms with Gasteiger partial charge in [-0.2, -0.15) is 0 Å². The summed E-state index contributed by atoms with van der Waals surface area (Å²) in [6.45, 7) is 2.07. The predicted molar refractivity (Wildman–Crippen MR) is 47.6 cm³/mol. The molecule has 1 aliphatic rings. The van der Waals surface area contributed by atoms with Crippen LogP contribution >= 0.6 is 23.5 Å². The summed E-state index contributed by atoms with van der Waals surface area (Å²) in [5.41, 5.74) is 0. The van der Waals surface area contributed by atoms with Crippen molar-refractivity contribution in [2.45, 2.75) is 13.3 Å². The largest absolute Gasteiger partial charge is 1.00 e. The minimum absolute atomic E-state index is 0. The fraction of sp³-hybridized carbons (Fsp3) is 0.571. The van der Waals surface area contributed by atoms with Crippen LogP contribution in [0.3, 0.4) is 0 Å². The van der Waals surface area contributed by atoms with Gasteiger partial charge in [-0.25, -0.2) is 35.7 Å². The van der Waals surface area contributed by atoms with E-state index in [1.54, 1.807) is 0 Å². The van der Waals surface area contributed by atoms with Crippen molar-refractivity contribution in [3.8, 4) is 0 Å². The van der Waals surface area contributed by atoms with Crippen LogP contribution in [-0.4, -0.2) is 11.5 Å². The zero-order valence-electron chi connectivity index (χ0n) is 6.59. The smallest absolute Gasteiger partial charge is 0.232 e. The van der Waals surface area contributed by atoms with Crippen molar-refractivity contribution in [1.82, 2.24) is 0 Å². The van der Waals surface area contributed by atoms with Crippen LogP contribution in [0.4, 0.5) is 0 Å². The summed E-state index contributed by atoms with van der Waals surface area (Å²) in [7, 11) is 0. The Morgan fingerprint density at radius 2 is 1.90 bits per heavy atom. The van der Waals surface area contributed by atoms with Crippen molar-refractivity contribution in [2.24, 2.45) is 0 Å². The first-order valence-corrected chi connectivity index (χ1v) is 5.16. The molecule has 0 aromatic heterocycles. The summed E-state index contributed by atoms with van der Waals surface area (Å²) in [5, 5.41) is 0. The first kappa shape index (κ1) is 10.9. The molecule has 1 heterocycles. The van der Waals surface area contributed by atoms with E-state index in [2.05, 4.69) is 19.1 Å². The third kappa shape index (κ3) is 3.93. The van der Waals surface area contributed by atoms with Crippen LogP contribution in [0.1, 0.15) is 13.3 Å². The van der Waals surface area contributed by atoms with Gasteiger partial charge in [0.05, 0.1) is 0 Å². The molecule has 0 atom stereocenters. The Morgan fingerprint density at radius 1 is 1.30 bits per heavy atom. The van der Waals surface area contributed by atoms with Crippen molar-refractivity contribution in [2.75, 3.05) is 11.5 Å². The molecule has 1 aliphatic heterocycles. The topological polar surface area (TPSA) is 0 Å². The van der Waals surface area contributed by atoms with Crippen LogP contribution < -0.4 is 18.9 Å². The number of hydrogen-bond donors (Lipinski definition) is 0. The van der Waals surface area contributed by atoms with Gasteiger partial charge in [0, 0.05) is 0 Å². The fourth-order valence-corrected chi connectivity index (χ4v) is 3.14. The SMILES string of the molecule is C/C=C/[C-]1SCCCS1.[Li+]. The van der Waals surface area contributed by atoms with Gasteiger partial charge in [0.25, 0.3) is 0 Å². The van der Waals surface area contributed by atoms with Crippen molar-refractivity contribution in [3.05, 3.63) is 16.7 Å². The van der Waals surface area contributed by atoms with Gasteiger partial charge in [-0.05, 0) is 17.9 Å². The molecular weight excluding hydrogens is 155 g/mol. The molecule has 0 N–H and O–H groups in total. The Labute approximate surface area is 83.8 Å². The van der Waals surface area contributed by atoms with Crippen LogP contribution in [-0.2, 0) is 0 Å². The second-order valence-electron chi connectivity index (χ2n) is 1.87. The number of rotatable bonds is 1. The molecule has 52 valence electrons. The molecule has 0 spiro atoms. The second-order valence-corrected chi connectivity index (χ2v) is 4.40. The summed E-state index contributed by atoms with van der Waals surface area (Å²) in [4.78, 5) is 0. The molecule has 0 aliphatic carbocycles. The van der Waals surface area contributed by atoms with Gasteiger partial charge in [0.1, 0.15) is 0 Å². The summed E-state index contributed by atoms with van der Waals surface area (Å²) in [5.74, 6) is 2.62. The normalized spacial score (nSPS) is 19.1. The minimum Gasteiger partial charge on any atom is -0.232 e. The zero-order chi connectivity index (χ0) is 6.53. The first-order valence-electron chi connectivity index (χ1n) is 3.18. The monoisotopic (exact) mass is 166 g/mol. The molecule has 3 heteroatoms. The van der Waals surface area contributed by atoms with Gasteiger partial charge in [-0.3, -0.25) is 0 Å². The van der Waals surface area contributed by atoms with Crippen LogP contribution in [0.25, 0.3) is 0 Å². The minimum atomic E-state index is 0. The quantitative estimate of drug-likeness (QED) is 0.395. The van der Waals surface area contributed by atoms with Gasteiger partial charge in [0.2, 0.25) is 0 Å². The number of allylic oxidation sites excluding steroid dienone is 1. The van der Waals surface area contributed by atoms with Gasteiger partial charge in [-0.15, -0.1) is 11.5 Å². The summed E-state index contributed by atoms with van der Waals surface area (Å²) in [6.07, 6.45) is 5.69. The molecule has 1 saturated heterocycles. The number of thioether (sulfide) groups is 2. The van der Waals surface area contributed by atoms with E-state index >= 15 is 0 Å². The third-order valence-corrected chi connectivity index (χ3v) is 3.61. The van der Waals surface area contributed by atoms with Crippen LogP contribution in [0, 0.1) is 4.58 Å². The van der Waals surface area contributed by atoms with Crippen LogP contribution in [0.15, 0.2) is 12.2 Å². The average Bonchev–Trinajstić information content (AvgIpc) is 1.91. The molecule has 1 fully saturated rings. The van der Waals surface area contributed by atoms with E-state index in [9.17, 15) is 0 Å². The van der Waals surface area contributed by atoms with Crippen molar-refractivity contribution < 1.29 is 18.9 Å². The van der Waals surface area contributed by atoms with E-state index in [-0.39, 0.29) is 18.9 Å². The molecule has 0 nitrogen and oxygen atoms in total. The Morgan fingerprint density at radius 3 is 2.40 bits per heavy atom. The van der Waals surface area contributed by atoms with Crippen molar-refractivity contribution in [1.29, 1.82) is 0 Å². The van der Waals surface area contributed by atoms with E-state index < -0.39 is 0 Å². The summed E-state index contributed by atoms with van der Waals surface area (Å²) < 4.78 is 1.49. The van der Waals surface area contributed by atoms with Crippen LogP contribution in [0.5, 0.6) is 0 Å². The summed E-state index contributed by atoms with van der Waals surface area (Å²) >= 11 is 3.96. The van der Waals surface area contributed by atoms with E-state index in [0.717, 1.165) is 0 Å². The standard InChI is InChI=1S/C7H11S2.Li/c1-2-4-7-8-5-3-6-9-7;/h2,4H,3,5-6H2,1H3;/q-1;+1/b4-2+;. The molecule has 0 aromatic rings. The Kier molecular flexibility index (Phi) is 7.21. The van der Waals surface area contributed by atoms with Crippen LogP contribution in [0.2, 0.25) is 0 Å². The predicted octanol–water partition coefficient (Wildman–Crippen LogP) is -0.0739. The average molecular weight is 166 g/mol. The van der Waals surface area contributed by atoms with E-state index in [1.165, 1.54) is 22.5 Å². The summed E-state index contributed by atoms with van der Waals surface area (Å²) in [6, 6.07) is 0. The van der Waals surface area contributed by atoms with Crippen molar-refractivity contribution >= 4 is 23.5 Å². The maximum Gasteiger partial charge on any atom is 1.00 e. The number of hydrogen-bond acceptors (Lipinski definition) is 2. The molecule has 10 heavy (non-hydrogen) atoms. The molecule has 0 aromatic carbocycles. The molecule has 0 bridgehead atoms. The Balaban J connectivity index is 0.000000810. The van der Waals surface area contributed by atoms with Gasteiger partial charge in [-0.1, -0.05) is 0 Å². The van der Waals surface area contributed by atoms with Crippen molar-refractivity contribution in [3.63, 3.8) is 0 Å². The maximum absolute atomic E-state index is 2.20. The van der Waals surface area contributed by atoms with E-state index in [4.69, 9.17) is 0 Å². The molecule has 0 saturated carbocycles. The van der Waals surface area contributed by atoms with Gasteiger partial charge < -0.3 is 0 Å². The Hall–Kier alpha value is 0.907. The van der Waals surface area contributed by atoms with E-state index in [0.29, 0.717) is 0 Å². The maximum atomic E-state index is 2.20. The second kappa shape index (κ2) is 6.61. The fourth-order valence-electron chi connectivity index (χ4n) is 0.678. The van der Waals surface area contributed by atoms with Gasteiger partial charge >= 0.3 is 18.9 Å². The molecule has 0 unspecified atom stereocenters. The Bertz CT molecular complexity index is 97.8. The van der Waals surface area contributed by atoms with Gasteiger partial charge in [0.15, 0.2) is 0 Å². The molecular formula is C7H11LiS2. The van der Waals surface area contributed by atoms with E-state index in [1.807, 2.05) is 23.5 Å². The molecule has 0 radical (unpaired) electrons. The molecule has 1 rings (SSSR count). The zero-order valence-corrected chi connectivity index (χ0v) is 8.23. The first-order chi connectivity index (χ1) is 4.43. The third-order valence-electron chi connectivity index (χ3n) is 1.08.